The Morgan fingerprint density at radius 1 is 1.15 bits per heavy atom. The molecule has 20 heavy (non-hydrogen) atoms. The summed E-state index contributed by atoms with van der Waals surface area (Å²) < 4.78 is 38.0. The number of rotatable bonds is 0. The molecule has 0 saturated heterocycles. The summed E-state index contributed by atoms with van der Waals surface area (Å²) >= 11 is 0. The van der Waals surface area contributed by atoms with E-state index in [-0.39, 0.29) is 28.1 Å². The lowest BCUT2D eigenvalue weighted by atomic mass is 9.93. The molecule has 0 amide bonds. The van der Waals surface area contributed by atoms with Crippen LogP contribution in [0.25, 0.3) is 10.9 Å². The van der Waals surface area contributed by atoms with Crippen LogP contribution >= 0.6 is 0 Å². The number of aromatic nitrogens is 1. The lowest BCUT2D eigenvalue weighted by Gasteiger charge is -2.08. The summed E-state index contributed by atoms with van der Waals surface area (Å²) in [5.41, 5.74) is -0.209. The van der Waals surface area contributed by atoms with Crippen molar-refractivity contribution in [3.8, 4) is 0 Å². The Balaban J connectivity index is 2.29. The summed E-state index contributed by atoms with van der Waals surface area (Å²) in [6, 6.07) is 3.03. The van der Waals surface area contributed by atoms with Gasteiger partial charge >= 0.3 is 6.18 Å². The number of hydrogen-bond donors (Lipinski definition) is 1. The fourth-order valence-corrected chi connectivity index (χ4v) is 2.33. The molecular formula is C14H8F3NO2. The molecule has 0 fully saturated rings. The largest absolute Gasteiger partial charge is 0.416 e. The molecule has 1 aromatic carbocycles. The lowest BCUT2D eigenvalue weighted by molar-refractivity contribution is -0.137. The molecule has 0 saturated carbocycles. The molecular weight excluding hydrogens is 271 g/mol. The van der Waals surface area contributed by atoms with Gasteiger partial charge < -0.3 is 4.98 Å². The molecule has 2 aromatic rings. The van der Waals surface area contributed by atoms with Crippen molar-refractivity contribution in [3.63, 3.8) is 0 Å². The molecule has 3 rings (SSSR count). The Morgan fingerprint density at radius 2 is 1.85 bits per heavy atom. The van der Waals surface area contributed by atoms with E-state index in [0.29, 0.717) is 5.39 Å². The van der Waals surface area contributed by atoms with Crippen LogP contribution in [0.2, 0.25) is 0 Å². The second-order valence-corrected chi connectivity index (χ2v) is 4.65. The highest BCUT2D eigenvalue weighted by Crippen LogP contribution is 2.34. The first-order valence-electron chi connectivity index (χ1n) is 5.79. The summed E-state index contributed by atoms with van der Waals surface area (Å²) in [5, 5.41) is 0.332. The third-order valence-electron chi connectivity index (χ3n) is 3.31. The summed E-state index contributed by atoms with van der Waals surface area (Å²) in [7, 11) is 0. The minimum absolute atomic E-state index is 0.0509. The van der Waals surface area contributed by atoms with Crippen molar-refractivity contribution in [3.05, 3.63) is 46.7 Å². The van der Waals surface area contributed by atoms with E-state index in [4.69, 9.17) is 0 Å². The number of ketones is 2. The maximum Gasteiger partial charge on any atom is 0.416 e. The molecule has 1 aliphatic rings. The third kappa shape index (κ3) is 1.68. The van der Waals surface area contributed by atoms with Crippen LogP contribution in [0.4, 0.5) is 13.2 Å². The van der Waals surface area contributed by atoms with Gasteiger partial charge in [-0.25, -0.2) is 0 Å². The van der Waals surface area contributed by atoms with Crippen LogP contribution < -0.4 is 0 Å². The fraction of sp³-hybridized carbons (Fsp3) is 0.143. The Labute approximate surface area is 111 Å². The highest BCUT2D eigenvalue weighted by molar-refractivity contribution is 6.28. The number of fused-ring (bicyclic) bond motifs is 3. The van der Waals surface area contributed by atoms with Crippen molar-refractivity contribution >= 4 is 22.5 Å². The zero-order valence-corrected chi connectivity index (χ0v) is 10.3. The van der Waals surface area contributed by atoms with E-state index in [1.54, 1.807) is 0 Å². The summed E-state index contributed by atoms with van der Waals surface area (Å²) in [6.45, 7) is 1.51. The molecule has 1 aliphatic carbocycles. The van der Waals surface area contributed by atoms with Gasteiger partial charge in [-0.05, 0) is 25.1 Å². The van der Waals surface area contributed by atoms with E-state index in [0.717, 1.165) is 12.1 Å². The predicted octanol–water partition coefficient (Wildman–Crippen LogP) is 3.51. The number of halogens is 3. The van der Waals surface area contributed by atoms with Gasteiger partial charge in [0, 0.05) is 16.5 Å². The van der Waals surface area contributed by atoms with E-state index in [2.05, 4.69) is 4.98 Å². The number of H-pyrrole nitrogens is 1. The number of nitrogens with one attached hydrogen (secondary N) is 1. The van der Waals surface area contributed by atoms with Crippen LogP contribution in [0.1, 0.15) is 33.3 Å². The van der Waals surface area contributed by atoms with Crippen molar-refractivity contribution in [1.29, 1.82) is 0 Å². The first-order valence-corrected chi connectivity index (χ1v) is 5.79. The van der Waals surface area contributed by atoms with E-state index in [9.17, 15) is 22.8 Å². The zero-order chi connectivity index (χ0) is 14.7. The van der Waals surface area contributed by atoms with Crippen molar-refractivity contribution in [1.82, 2.24) is 4.98 Å². The summed E-state index contributed by atoms with van der Waals surface area (Å²) in [6.07, 6.45) is -3.29. The van der Waals surface area contributed by atoms with Gasteiger partial charge in [0.25, 0.3) is 0 Å². The Morgan fingerprint density at radius 3 is 2.50 bits per heavy atom. The minimum Gasteiger partial charge on any atom is -0.351 e. The van der Waals surface area contributed by atoms with E-state index in [1.165, 1.54) is 19.1 Å². The second kappa shape index (κ2) is 3.82. The average Bonchev–Trinajstić information content (AvgIpc) is 2.74. The minimum atomic E-state index is -4.47. The topological polar surface area (TPSA) is 49.9 Å². The molecule has 0 bridgehead atoms. The number of alkyl halides is 3. The van der Waals surface area contributed by atoms with E-state index < -0.39 is 17.5 Å². The van der Waals surface area contributed by atoms with Crippen molar-refractivity contribution in [2.45, 2.75) is 13.1 Å². The summed E-state index contributed by atoms with van der Waals surface area (Å²) in [5.74, 6) is -0.743. The van der Waals surface area contributed by atoms with Crippen LogP contribution in [0.3, 0.4) is 0 Å². The number of allylic oxidation sites excluding steroid dienone is 2. The lowest BCUT2D eigenvalue weighted by Crippen LogP contribution is -2.14. The van der Waals surface area contributed by atoms with Gasteiger partial charge in [0.05, 0.1) is 16.8 Å². The number of carbonyl (C=O) groups excluding carboxylic acids is 2. The third-order valence-corrected chi connectivity index (χ3v) is 3.31. The van der Waals surface area contributed by atoms with Crippen molar-refractivity contribution < 1.29 is 22.8 Å². The van der Waals surface area contributed by atoms with Crippen molar-refractivity contribution in [2.24, 2.45) is 0 Å². The Kier molecular flexibility index (Phi) is 2.41. The maximum atomic E-state index is 12.7. The molecule has 1 heterocycles. The number of hydrogen-bond acceptors (Lipinski definition) is 2. The molecule has 6 heteroatoms. The zero-order valence-electron chi connectivity index (χ0n) is 10.3. The van der Waals surface area contributed by atoms with Crippen LogP contribution in [0, 0.1) is 0 Å². The van der Waals surface area contributed by atoms with Gasteiger partial charge in [0.1, 0.15) is 0 Å². The molecule has 3 nitrogen and oxygen atoms in total. The molecule has 0 atom stereocenters. The smallest absolute Gasteiger partial charge is 0.351 e. The molecule has 0 spiro atoms. The SMILES string of the molecule is CC1=CC(=O)c2[nH]c3cc(C(F)(F)F)ccc3c2C1=O. The average molecular weight is 279 g/mol. The standard InChI is InChI=1S/C14H8F3NO2/c1-6-4-10(19)12-11(13(6)20)8-3-2-7(14(15,16)17)5-9(8)18-12/h2-5,18H,1H3. The van der Waals surface area contributed by atoms with Gasteiger partial charge in [-0.15, -0.1) is 0 Å². The van der Waals surface area contributed by atoms with Crippen LogP contribution in [0.5, 0.6) is 0 Å². The number of aromatic amines is 1. The Hall–Kier alpha value is -2.37. The molecule has 0 unspecified atom stereocenters. The highest BCUT2D eigenvalue weighted by atomic mass is 19.4. The van der Waals surface area contributed by atoms with Gasteiger partial charge in [-0.2, -0.15) is 13.2 Å². The summed E-state index contributed by atoms with van der Waals surface area (Å²) in [4.78, 5) is 26.5. The number of carbonyl (C=O) groups is 2. The van der Waals surface area contributed by atoms with Gasteiger partial charge in [0.15, 0.2) is 5.78 Å². The first kappa shape index (κ1) is 12.7. The maximum absolute atomic E-state index is 12.7. The van der Waals surface area contributed by atoms with Gasteiger partial charge in [-0.3, -0.25) is 9.59 Å². The highest BCUT2D eigenvalue weighted by Gasteiger charge is 2.32. The molecule has 0 aliphatic heterocycles. The molecule has 0 radical (unpaired) electrons. The second-order valence-electron chi connectivity index (χ2n) is 4.65. The number of benzene rings is 1. The van der Waals surface area contributed by atoms with Crippen molar-refractivity contribution in [2.75, 3.05) is 0 Å². The molecule has 1 aromatic heterocycles. The quantitative estimate of drug-likeness (QED) is 0.802. The van der Waals surface area contributed by atoms with Crippen LogP contribution in [-0.4, -0.2) is 16.6 Å². The molecule has 1 N–H and O–H groups in total. The Bertz CT molecular complexity index is 797. The fourth-order valence-electron chi connectivity index (χ4n) is 2.33. The number of Topliss-reactive ketones (excluding diaryl/α,β-unsaturated/α-hetero) is 1. The normalized spacial score (nSPS) is 15.5. The van der Waals surface area contributed by atoms with E-state index >= 15 is 0 Å². The van der Waals surface area contributed by atoms with E-state index in [1.807, 2.05) is 0 Å². The predicted molar refractivity (Wildman–Crippen MR) is 65.7 cm³/mol. The van der Waals surface area contributed by atoms with Gasteiger partial charge in [0.2, 0.25) is 5.78 Å². The first-order chi connectivity index (χ1) is 9.29. The van der Waals surface area contributed by atoms with Crippen LogP contribution in [0.15, 0.2) is 29.8 Å². The monoisotopic (exact) mass is 279 g/mol. The molecule has 102 valence electrons. The van der Waals surface area contributed by atoms with Crippen LogP contribution in [-0.2, 0) is 6.18 Å². The van der Waals surface area contributed by atoms with Gasteiger partial charge in [-0.1, -0.05) is 6.07 Å².